The molecule has 2 aromatic rings. The van der Waals surface area contributed by atoms with Crippen LogP contribution in [0.2, 0.25) is 5.02 Å². The summed E-state index contributed by atoms with van der Waals surface area (Å²) in [6, 6.07) is 14.0. The molecule has 2 aromatic carbocycles. The Kier molecular flexibility index (Phi) is 6.67. The summed E-state index contributed by atoms with van der Waals surface area (Å²) >= 11 is 5.96. The largest absolute Gasteiger partial charge is 0.490 e. The van der Waals surface area contributed by atoms with Crippen LogP contribution in [-0.2, 0) is 4.79 Å². The highest BCUT2D eigenvalue weighted by molar-refractivity contribution is 6.30. The second-order valence-corrected chi connectivity index (χ2v) is 5.78. The second-order valence-electron chi connectivity index (χ2n) is 5.34. The van der Waals surface area contributed by atoms with Crippen LogP contribution in [0, 0.1) is 11.3 Å². The van der Waals surface area contributed by atoms with Crippen LogP contribution in [0.3, 0.4) is 0 Å². The maximum atomic E-state index is 12.1. The fraction of sp³-hybridized carbons (Fsp3) is 0.263. The lowest BCUT2D eigenvalue weighted by Crippen LogP contribution is -2.31. The Hall–Kier alpha value is -2.71. The monoisotopic (exact) mass is 358 g/mol. The van der Waals surface area contributed by atoms with Gasteiger partial charge in [-0.2, -0.15) is 5.26 Å². The third-order valence-corrected chi connectivity index (χ3v) is 3.69. The average Bonchev–Trinajstić information content (AvgIpc) is 2.60. The molecule has 0 aliphatic heterocycles. The predicted octanol–water partition coefficient (Wildman–Crippen LogP) is 3.87. The van der Waals surface area contributed by atoms with E-state index in [1.165, 1.54) is 0 Å². The van der Waals surface area contributed by atoms with Crippen molar-refractivity contribution in [3.05, 3.63) is 58.6 Å². The molecule has 0 heterocycles. The van der Waals surface area contributed by atoms with E-state index in [0.29, 0.717) is 28.7 Å². The van der Waals surface area contributed by atoms with Gasteiger partial charge in [0.15, 0.2) is 18.1 Å². The van der Waals surface area contributed by atoms with Gasteiger partial charge in [-0.3, -0.25) is 4.79 Å². The summed E-state index contributed by atoms with van der Waals surface area (Å²) < 4.78 is 11.0. The number of carbonyl (C=O) groups is 1. The smallest absolute Gasteiger partial charge is 0.258 e. The normalized spacial score (nSPS) is 11.3. The van der Waals surface area contributed by atoms with Gasteiger partial charge in [0.1, 0.15) is 0 Å². The van der Waals surface area contributed by atoms with Crippen LogP contribution in [0.4, 0.5) is 0 Å². The van der Waals surface area contributed by atoms with E-state index in [1.807, 2.05) is 32.0 Å². The minimum atomic E-state index is -0.265. The van der Waals surface area contributed by atoms with Gasteiger partial charge in [-0.1, -0.05) is 23.7 Å². The maximum Gasteiger partial charge on any atom is 0.258 e. The summed E-state index contributed by atoms with van der Waals surface area (Å²) in [6.07, 6.45) is 0. The Morgan fingerprint density at radius 3 is 2.72 bits per heavy atom. The van der Waals surface area contributed by atoms with Crippen molar-refractivity contribution in [2.75, 3.05) is 13.2 Å². The molecule has 0 saturated carbocycles. The standard InChI is InChI=1S/C19H19ClN2O3/c1-3-24-18-9-14(11-21)7-8-17(18)25-12-19(23)22-13(2)15-5-4-6-16(20)10-15/h4-10,13H,3,12H2,1-2H3,(H,22,23)/t13-/m0/s1. The lowest BCUT2D eigenvalue weighted by atomic mass is 10.1. The highest BCUT2D eigenvalue weighted by Crippen LogP contribution is 2.28. The minimum Gasteiger partial charge on any atom is -0.490 e. The Morgan fingerprint density at radius 2 is 2.04 bits per heavy atom. The van der Waals surface area contributed by atoms with E-state index in [0.717, 1.165) is 5.56 Å². The first-order valence-electron chi connectivity index (χ1n) is 7.88. The number of carbonyl (C=O) groups excluding carboxylic acids is 1. The van der Waals surface area contributed by atoms with Crippen LogP contribution in [-0.4, -0.2) is 19.1 Å². The Labute approximate surface area is 152 Å². The molecule has 0 aliphatic rings. The zero-order chi connectivity index (χ0) is 18.2. The molecular formula is C19H19ClN2O3. The molecule has 0 radical (unpaired) electrons. The summed E-state index contributed by atoms with van der Waals surface area (Å²) in [7, 11) is 0. The average molecular weight is 359 g/mol. The molecule has 1 N–H and O–H groups in total. The van der Waals surface area contributed by atoms with Crippen LogP contribution in [0.5, 0.6) is 11.5 Å². The maximum absolute atomic E-state index is 12.1. The topological polar surface area (TPSA) is 71.3 Å². The quantitative estimate of drug-likeness (QED) is 0.815. The number of halogens is 1. The Bertz CT molecular complexity index is 786. The molecule has 0 aromatic heterocycles. The fourth-order valence-electron chi connectivity index (χ4n) is 2.25. The molecule has 6 heteroatoms. The Balaban J connectivity index is 1.97. The van der Waals surface area contributed by atoms with Crippen LogP contribution in [0.1, 0.15) is 31.0 Å². The first-order chi connectivity index (χ1) is 12.0. The lowest BCUT2D eigenvalue weighted by Gasteiger charge is -2.16. The summed E-state index contributed by atoms with van der Waals surface area (Å²) in [5.41, 5.74) is 1.38. The molecule has 0 fully saturated rings. The van der Waals surface area contributed by atoms with E-state index in [1.54, 1.807) is 30.3 Å². The van der Waals surface area contributed by atoms with Crippen LogP contribution >= 0.6 is 11.6 Å². The molecule has 0 unspecified atom stereocenters. The molecule has 5 nitrogen and oxygen atoms in total. The fourth-order valence-corrected chi connectivity index (χ4v) is 2.45. The van der Waals surface area contributed by atoms with Crippen molar-refractivity contribution in [1.82, 2.24) is 5.32 Å². The van der Waals surface area contributed by atoms with Crippen molar-refractivity contribution < 1.29 is 14.3 Å². The molecule has 1 amide bonds. The van der Waals surface area contributed by atoms with Crippen LogP contribution in [0.25, 0.3) is 0 Å². The third kappa shape index (κ3) is 5.40. The van der Waals surface area contributed by atoms with E-state index < -0.39 is 0 Å². The Morgan fingerprint density at radius 1 is 1.24 bits per heavy atom. The first kappa shape index (κ1) is 18.6. The van der Waals surface area contributed by atoms with E-state index in [2.05, 4.69) is 5.32 Å². The van der Waals surface area contributed by atoms with Gasteiger partial charge in [-0.15, -0.1) is 0 Å². The molecule has 0 saturated heterocycles. The number of benzene rings is 2. The number of rotatable bonds is 7. The molecule has 130 valence electrons. The van der Waals surface area contributed by atoms with Crippen molar-refractivity contribution in [3.63, 3.8) is 0 Å². The number of hydrogen-bond donors (Lipinski definition) is 1. The molecule has 0 bridgehead atoms. The van der Waals surface area contributed by atoms with Gasteiger partial charge in [-0.05, 0) is 43.7 Å². The third-order valence-electron chi connectivity index (χ3n) is 3.46. The molecule has 2 rings (SSSR count). The van der Waals surface area contributed by atoms with E-state index in [4.69, 9.17) is 26.3 Å². The molecule has 0 aliphatic carbocycles. The lowest BCUT2D eigenvalue weighted by molar-refractivity contribution is -0.123. The van der Waals surface area contributed by atoms with Crippen LogP contribution < -0.4 is 14.8 Å². The van der Waals surface area contributed by atoms with Gasteiger partial charge >= 0.3 is 0 Å². The number of nitrogens with zero attached hydrogens (tertiary/aromatic N) is 1. The number of amides is 1. The summed E-state index contributed by atoms with van der Waals surface area (Å²) in [5, 5.41) is 12.4. The van der Waals surface area contributed by atoms with E-state index in [9.17, 15) is 4.79 Å². The number of hydrogen-bond acceptors (Lipinski definition) is 4. The highest BCUT2D eigenvalue weighted by Gasteiger charge is 2.12. The van der Waals surface area contributed by atoms with Crippen molar-refractivity contribution in [2.45, 2.75) is 19.9 Å². The van der Waals surface area contributed by atoms with Gasteiger partial charge < -0.3 is 14.8 Å². The zero-order valence-electron chi connectivity index (χ0n) is 14.1. The van der Waals surface area contributed by atoms with E-state index in [-0.39, 0.29) is 18.6 Å². The number of ether oxygens (including phenoxy) is 2. The SMILES string of the molecule is CCOc1cc(C#N)ccc1OCC(=O)N[C@@H](C)c1cccc(Cl)c1. The predicted molar refractivity (Wildman–Crippen MR) is 95.8 cm³/mol. The van der Waals surface area contributed by atoms with Gasteiger partial charge in [0, 0.05) is 11.1 Å². The molecule has 25 heavy (non-hydrogen) atoms. The zero-order valence-corrected chi connectivity index (χ0v) is 14.8. The highest BCUT2D eigenvalue weighted by atomic mass is 35.5. The van der Waals surface area contributed by atoms with Gasteiger partial charge in [0.05, 0.1) is 24.3 Å². The van der Waals surface area contributed by atoms with Gasteiger partial charge in [-0.25, -0.2) is 0 Å². The van der Waals surface area contributed by atoms with Crippen molar-refractivity contribution in [3.8, 4) is 17.6 Å². The summed E-state index contributed by atoms with van der Waals surface area (Å²) in [4.78, 5) is 12.1. The molecular weight excluding hydrogens is 340 g/mol. The number of nitriles is 1. The van der Waals surface area contributed by atoms with Gasteiger partial charge in [0.2, 0.25) is 0 Å². The minimum absolute atomic E-state index is 0.156. The van der Waals surface area contributed by atoms with Crippen molar-refractivity contribution >= 4 is 17.5 Å². The van der Waals surface area contributed by atoms with Crippen molar-refractivity contribution in [2.24, 2.45) is 0 Å². The molecule has 0 spiro atoms. The van der Waals surface area contributed by atoms with Crippen molar-refractivity contribution in [1.29, 1.82) is 5.26 Å². The molecule has 1 atom stereocenters. The van der Waals surface area contributed by atoms with Crippen LogP contribution in [0.15, 0.2) is 42.5 Å². The first-order valence-corrected chi connectivity index (χ1v) is 8.26. The second kappa shape index (κ2) is 8.95. The van der Waals surface area contributed by atoms with E-state index >= 15 is 0 Å². The van der Waals surface area contributed by atoms with Gasteiger partial charge in [0.25, 0.3) is 5.91 Å². The number of nitrogens with one attached hydrogen (secondary N) is 1. The summed E-state index contributed by atoms with van der Waals surface area (Å²) in [6.45, 7) is 3.99. The summed E-state index contributed by atoms with van der Waals surface area (Å²) in [5.74, 6) is 0.600.